The second-order valence-corrected chi connectivity index (χ2v) is 8.09. The van der Waals surface area contributed by atoms with Crippen LogP contribution in [0.2, 0.25) is 0 Å². The number of nitrogen functional groups attached to an aromatic ring is 2. The zero-order valence-electron chi connectivity index (χ0n) is 20.3. The molecule has 0 radical (unpaired) electrons. The number of nitrogens with two attached hydrogens (primary N) is 2. The molecular weight excluding hydrogens is 541 g/mol. The number of aliphatic carboxylic acids is 2. The van der Waals surface area contributed by atoms with Crippen molar-refractivity contribution in [2.75, 3.05) is 22.9 Å². The first-order valence-corrected chi connectivity index (χ1v) is 11.2. The summed E-state index contributed by atoms with van der Waals surface area (Å²) in [6, 6.07) is 1.38. The van der Waals surface area contributed by atoms with Crippen molar-refractivity contribution in [1.82, 2.24) is 25.3 Å². The molecule has 40 heavy (non-hydrogen) atoms. The molecule has 17 heteroatoms. The topological polar surface area (TPSA) is 220 Å². The van der Waals surface area contributed by atoms with Crippen LogP contribution in [0.5, 0.6) is 5.75 Å². The average molecular weight is 562 g/mol. The molecule has 2 aromatic heterocycles. The molecule has 0 aliphatic carbocycles. The Balaban J connectivity index is 1.96. The van der Waals surface area contributed by atoms with Crippen molar-refractivity contribution >= 4 is 46.5 Å². The van der Waals surface area contributed by atoms with Gasteiger partial charge in [-0.2, -0.15) is 9.97 Å². The Labute approximate surface area is 223 Å². The van der Waals surface area contributed by atoms with Crippen molar-refractivity contribution in [3.63, 3.8) is 0 Å². The van der Waals surface area contributed by atoms with Crippen LogP contribution in [-0.4, -0.2) is 66.9 Å². The number of carbonyl (C=O) groups is 3. The fraction of sp³-hybridized carbons (Fsp3) is 0.261. The number of hydrogen-bond acceptors (Lipinski definition) is 11. The normalized spacial score (nSPS) is 11.8. The second-order valence-electron chi connectivity index (χ2n) is 8.09. The molecule has 0 bridgehead atoms. The first-order valence-electron chi connectivity index (χ1n) is 11.2. The number of terminal acetylenes is 1. The summed E-state index contributed by atoms with van der Waals surface area (Å²) in [6.45, 7) is -0.420. The zero-order chi connectivity index (χ0) is 29.6. The van der Waals surface area contributed by atoms with Crippen LogP contribution in [0.3, 0.4) is 0 Å². The first kappa shape index (κ1) is 29.2. The summed E-state index contributed by atoms with van der Waals surface area (Å²) in [5.74, 6) is -2.60. The van der Waals surface area contributed by atoms with Crippen LogP contribution >= 0.6 is 0 Å². The minimum atomic E-state index is -5.18. The third-order valence-electron chi connectivity index (χ3n) is 5.17. The highest BCUT2D eigenvalue weighted by atomic mass is 19.4. The lowest BCUT2D eigenvalue weighted by molar-refractivity contribution is -0.274. The summed E-state index contributed by atoms with van der Waals surface area (Å²) in [6.07, 6.45) is 0.523. The van der Waals surface area contributed by atoms with Gasteiger partial charge in [-0.25, -0.2) is 14.8 Å². The summed E-state index contributed by atoms with van der Waals surface area (Å²) < 4.78 is 44.0. The van der Waals surface area contributed by atoms with Gasteiger partial charge in [0.15, 0.2) is 22.7 Å². The molecule has 0 saturated carbocycles. The molecule has 1 unspecified atom stereocenters. The predicted molar refractivity (Wildman–Crippen MR) is 133 cm³/mol. The molecule has 0 aliphatic rings. The number of fused-ring (bicyclic) bond motifs is 1. The van der Waals surface area contributed by atoms with Crippen molar-refractivity contribution in [3.8, 4) is 18.1 Å². The lowest BCUT2D eigenvalue weighted by Gasteiger charge is -2.25. The number of nitrogens with zero attached hydrogens (tertiary/aromatic N) is 5. The van der Waals surface area contributed by atoms with Gasteiger partial charge in [0.2, 0.25) is 5.95 Å². The molecule has 0 spiro atoms. The van der Waals surface area contributed by atoms with E-state index in [0.29, 0.717) is 0 Å². The fourth-order valence-corrected chi connectivity index (χ4v) is 3.48. The number of rotatable bonds is 11. The van der Waals surface area contributed by atoms with E-state index in [1.807, 2.05) is 0 Å². The number of halogens is 3. The largest absolute Gasteiger partial charge is 0.573 e. The Hall–Kier alpha value is -5.40. The van der Waals surface area contributed by atoms with Crippen LogP contribution in [-0.2, 0) is 16.1 Å². The number of carboxylic acid groups (broad SMARTS) is 2. The van der Waals surface area contributed by atoms with Gasteiger partial charge in [0.1, 0.15) is 6.04 Å². The van der Waals surface area contributed by atoms with Gasteiger partial charge in [-0.05, 0) is 24.6 Å². The van der Waals surface area contributed by atoms with Gasteiger partial charge < -0.3 is 36.6 Å². The molecule has 7 N–H and O–H groups in total. The molecule has 2 heterocycles. The van der Waals surface area contributed by atoms with Crippen LogP contribution in [0.15, 0.2) is 24.4 Å². The fourth-order valence-electron chi connectivity index (χ4n) is 3.48. The monoisotopic (exact) mass is 562 g/mol. The number of anilines is 3. The van der Waals surface area contributed by atoms with Crippen molar-refractivity contribution in [2.24, 2.45) is 0 Å². The van der Waals surface area contributed by atoms with Crippen molar-refractivity contribution in [2.45, 2.75) is 31.8 Å². The Morgan fingerprint density at radius 1 is 1.18 bits per heavy atom. The van der Waals surface area contributed by atoms with Gasteiger partial charge in [0.05, 0.1) is 30.7 Å². The van der Waals surface area contributed by atoms with E-state index in [0.717, 1.165) is 18.2 Å². The zero-order valence-corrected chi connectivity index (χ0v) is 20.3. The Kier molecular flexibility index (Phi) is 8.73. The SMILES string of the molecule is C#CCN(Cc1cnc2nc(N)nc(N)c2n1)c1ccc(C(=O)NC(CCC(=O)O)C(=O)O)cc1OC(F)(F)F. The number of amides is 1. The van der Waals surface area contributed by atoms with Crippen molar-refractivity contribution in [1.29, 1.82) is 0 Å². The molecule has 14 nitrogen and oxygen atoms in total. The van der Waals surface area contributed by atoms with Crippen molar-refractivity contribution in [3.05, 3.63) is 35.7 Å². The third kappa shape index (κ3) is 7.56. The first-order chi connectivity index (χ1) is 18.8. The minimum Gasteiger partial charge on any atom is -0.481 e. The van der Waals surface area contributed by atoms with Gasteiger partial charge in [-0.15, -0.1) is 19.6 Å². The lowest BCUT2D eigenvalue weighted by atomic mass is 10.1. The van der Waals surface area contributed by atoms with Crippen LogP contribution < -0.4 is 26.4 Å². The number of carbonyl (C=O) groups excluding carboxylic acids is 1. The van der Waals surface area contributed by atoms with E-state index in [-0.39, 0.29) is 47.4 Å². The third-order valence-corrected chi connectivity index (χ3v) is 5.17. The van der Waals surface area contributed by atoms with Crippen LogP contribution in [0.4, 0.5) is 30.6 Å². The van der Waals surface area contributed by atoms with E-state index in [4.69, 9.17) is 23.0 Å². The summed E-state index contributed by atoms with van der Waals surface area (Å²) in [5.41, 5.74) is 11.2. The molecule has 0 aliphatic heterocycles. The maximum Gasteiger partial charge on any atom is 0.573 e. The number of benzene rings is 1. The Morgan fingerprint density at radius 3 is 2.52 bits per heavy atom. The van der Waals surface area contributed by atoms with E-state index < -0.39 is 54.4 Å². The summed E-state index contributed by atoms with van der Waals surface area (Å²) in [4.78, 5) is 52.2. The molecule has 1 amide bonds. The van der Waals surface area contributed by atoms with E-state index in [1.54, 1.807) is 0 Å². The highest BCUT2D eigenvalue weighted by Crippen LogP contribution is 2.35. The van der Waals surface area contributed by atoms with Gasteiger partial charge in [-0.3, -0.25) is 9.59 Å². The molecule has 0 fully saturated rings. The van der Waals surface area contributed by atoms with E-state index in [2.05, 4.69) is 35.9 Å². The number of alkyl halides is 3. The average Bonchev–Trinajstić information content (AvgIpc) is 2.85. The number of hydrogen-bond donors (Lipinski definition) is 5. The minimum absolute atomic E-state index is 0.0696. The molecule has 1 atom stereocenters. The Bertz CT molecular complexity index is 1490. The van der Waals surface area contributed by atoms with Gasteiger partial charge in [0, 0.05) is 12.0 Å². The second kappa shape index (κ2) is 12.0. The molecule has 3 rings (SSSR count). The van der Waals surface area contributed by atoms with Crippen LogP contribution in [0, 0.1) is 12.3 Å². The number of carboxylic acids is 2. The molecule has 3 aromatic rings. The molecule has 1 aromatic carbocycles. The predicted octanol–water partition coefficient (Wildman–Crippen LogP) is 1.17. The molecule has 210 valence electrons. The molecule has 0 saturated heterocycles. The molecular formula is C23H21F3N8O6. The van der Waals surface area contributed by atoms with E-state index in [9.17, 15) is 32.7 Å². The van der Waals surface area contributed by atoms with Crippen LogP contribution in [0.25, 0.3) is 11.2 Å². The highest BCUT2D eigenvalue weighted by molar-refractivity contribution is 5.97. The highest BCUT2D eigenvalue weighted by Gasteiger charge is 2.33. The number of nitrogens with one attached hydrogen (secondary N) is 1. The maximum atomic E-state index is 13.3. The number of aromatic nitrogens is 4. The van der Waals surface area contributed by atoms with E-state index in [1.165, 1.54) is 11.1 Å². The summed E-state index contributed by atoms with van der Waals surface area (Å²) >= 11 is 0. The summed E-state index contributed by atoms with van der Waals surface area (Å²) in [5, 5.41) is 20.1. The van der Waals surface area contributed by atoms with Crippen LogP contribution in [0.1, 0.15) is 28.9 Å². The maximum absolute atomic E-state index is 13.3. The number of ether oxygens (including phenoxy) is 1. The van der Waals surface area contributed by atoms with E-state index >= 15 is 0 Å². The standard InChI is InChI=1S/C23H21F3N8O6/c1-2-7-34(10-12-9-29-19-17(30-12)18(27)32-22(28)33-19)14-5-3-11(8-15(14)40-23(24,25)26)20(37)31-13(21(38)39)4-6-16(35)36/h1,3,5,8-9,13H,4,6-7,10H2,(H,31,37)(H,35,36)(H,38,39)(H4,27,28,29,32,33). The van der Waals surface area contributed by atoms with Gasteiger partial charge >= 0.3 is 18.3 Å². The van der Waals surface area contributed by atoms with Gasteiger partial charge in [0.25, 0.3) is 5.91 Å². The quantitative estimate of drug-likeness (QED) is 0.207. The van der Waals surface area contributed by atoms with Crippen molar-refractivity contribution < 1.29 is 42.5 Å². The lowest BCUT2D eigenvalue weighted by Crippen LogP contribution is -2.41. The van der Waals surface area contributed by atoms with Gasteiger partial charge in [-0.1, -0.05) is 5.92 Å². The summed E-state index contributed by atoms with van der Waals surface area (Å²) in [7, 11) is 0. The Morgan fingerprint density at radius 2 is 1.90 bits per heavy atom. The smallest absolute Gasteiger partial charge is 0.481 e.